The van der Waals surface area contributed by atoms with E-state index in [1.165, 1.54) is 51.4 Å². The van der Waals surface area contributed by atoms with Gasteiger partial charge in [0.1, 0.15) is 0 Å². The van der Waals surface area contributed by atoms with Crippen LogP contribution in [0.3, 0.4) is 0 Å². The molecule has 1 saturated carbocycles. The monoisotopic (exact) mass is 374 g/mol. The summed E-state index contributed by atoms with van der Waals surface area (Å²) < 4.78 is 0. The van der Waals surface area contributed by atoms with E-state index >= 15 is 0 Å². The van der Waals surface area contributed by atoms with Gasteiger partial charge in [0.15, 0.2) is 0 Å². The molecule has 3 unspecified atom stereocenters. The van der Waals surface area contributed by atoms with Crippen molar-refractivity contribution in [1.29, 1.82) is 0 Å². The van der Waals surface area contributed by atoms with E-state index in [0.717, 1.165) is 24.2 Å². The Morgan fingerprint density at radius 1 is 1.06 bits per heavy atom. The minimum Gasteiger partial charge on any atom is -0.0806 e. The van der Waals surface area contributed by atoms with Crippen LogP contribution in [0.15, 0.2) is 0 Å². The molecular weight excluding hydrogens is 348 g/mol. The summed E-state index contributed by atoms with van der Waals surface area (Å²) in [4.78, 5) is 0. The molecule has 3 atom stereocenters. The van der Waals surface area contributed by atoms with Gasteiger partial charge in [0.2, 0.25) is 0 Å². The van der Waals surface area contributed by atoms with Crippen LogP contribution < -0.4 is 0 Å². The summed E-state index contributed by atoms with van der Waals surface area (Å²) in [5, 5.41) is 0. The number of hydrogen-bond acceptors (Lipinski definition) is 0. The van der Waals surface area contributed by atoms with Crippen molar-refractivity contribution in [2.45, 2.75) is 82.0 Å². The molecule has 1 fully saturated rings. The highest BCUT2D eigenvalue weighted by Crippen LogP contribution is 2.38. The van der Waals surface area contributed by atoms with Crippen LogP contribution in [0.1, 0.15) is 64.7 Å². The Labute approximate surface area is 131 Å². The van der Waals surface area contributed by atoms with E-state index in [1.54, 1.807) is 0 Å². The zero-order valence-corrected chi connectivity index (χ0v) is 14.9. The van der Waals surface area contributed by atoms with Gasteiger partial charge >= 0.3 is 0 Å². The lowest BCUT2D eigenvalue weighted by atomic mass is 9.65. The molecule has 100 valence electrons. The van der Waals surface area contributed by atoms with Gasteiger partial charge in [-0.3, -0.25) is 0 Å². The van der Waals surface area contributed by atoms with E-state index in [-0.39, 0.29) is 5.82 Å². The van der Waals surface area contributed by atoms with E-state index in [1.807, 2.05) is 0 Å². The van der Waals surface area contributed by atoms with E-state index in [4.69, 9.17) is 15.7 Å². The minimum atomic E-state index is 0.250. The lowest BCUT2D eigenvalue weighted by Crippen LogP contribution is -2.13. The Hall–Kier alpha value is 1.29. The highest BCUT2D eigenvalue weighted by molar-refractivity contribution is 14.2. The van der Waals surface area contributed by atoms with Crippen molar-refractivity contribution in [2.24, 2.45) is 5.92 Å². The maximum absolute atomic E-state index is 6.33. The molecule has 0 saturated heterocycles. The van der Waals surface area contributed by atoms with Gasteiger partial charge in [-0.2, -0.15) is 0 Å². The Bertz CT molecular complexity index is 202. The molecule has 1 aliphatic carbocycles. The van der Waals surface area contributed by atoms with Gasteiger partial charge in [0.25, 0.3) is 0 Å². The van der Waals surface area contributed by atoms with Crippen molar-refractivity contribution < 1.29 is 0 Å². The molecule has 0 N–H and O–H groups in total. The van der Waals surface area contributed by atoms with Gasteiger partial charge in [-0.05, 0) is 24.4 Å². The van der Waals surface area contributed by atoms with Crippen LogP contribution in [0, 0.1) is 5.92 Å². The van der Waals surface area contributed by atoms with E-state index in [2.05, 4.69) is 29.0 Å². The topological polar surface area (TPSA) is 0 Å². The summed E-state index contributed by atoms with van der Waals surface area (Å²) in [5.41, 5.74) is 1.000. The molecule has 0 aromatic rings. The molecule has 0 heterocycles. The van der Waals surface area contributed by atoms with Crippen LogP contribution >= 0.6 is 28.3 Å². The molecule has 0 spiro atoms. The van der Waals surface area contributed by atoms with Gasteiger partial charge in [0, 0.05) is 0 Å². The zero-order valence-electron chi connectivity index (χ0n) is 11.7. The first-order chi connectivity index (χ1) is 8.63. The Morgan fingerprint density at radius 3 is 2.00 bits per heavy atom. The van der Waals surface area contributed by atoms with Crippen molar-refractivity contribution >= 4 is 44.0 Å². The summed E-state index contributed by atoms with van der Waals surface area (Å²) in [6.07, 6.45) is 13.2. The first-order valence-electron chi connectivity index (χ1n) is 7.50. The highest BCUT2D eigenvalue weighted by Gasteiger charge is 2.19. The van der Waals surface area contributed by atoms with E-state index < -0.39 is 0 Å². The Morgan fingerprint density at radius 2 is 1.56 bits per heavy atom. The molecule has 0 nitrogen and oxygen atoms in total. The lowest BCUT2D eigenvalue weighted by Gasteiger charge is -2.27. The summed E-state index contributed by atoms with van der Waals surface area (Å²) >= 11 is 2.58. The van der Waals surface area contributed by atoms with Gasteiger partial charge in [0.05, 0.1) is 15.7 Å². The zero-order chi connectivity index (χ0) is 13.4. The first-order valence-corrected chi connectivity index (χ1v) is 11.7. The quantitative estimate of drug-likeness (QED) is 0.349. The predicted octanol–water partition coefficient (Wildman–Crippen LogP) is 5.46. The van der Waals surface area contributed by atoms with Crippen LogP contribution in [0.2, 0.25) is 11.6 Å². The largest absolute Gasteiger partial charge is 0.0806 e. The van der Waals surface area contributed by atoms with Crippen LogP contribution in [0.5, 0.6) is 0 Å². The van der Waals surface area contributed by atoms with Crippen molar-refractivity contribution in [3.8, 4) is 0 Å². The Kier molecular flexibility index (Phi) is 9.71. The molecular formula is C14H26B2IP. The SMILES string of the molecule is [B]C(C)CC([B])C1CCCCC(PI)CCCC1. The van der Waals surface area contributed by atoms with Crippen LogP contribution in [-0.4, -0.2) is 21.4 Å². The normalized spacial score (nSPS) is 31.2. The second-order valence-electron chi connectivity index (χ2n) is 6.01. The first kappa shape index (κ1) is 17.3. The predicted molar refractivity (Wildman–Crippen MR) is 95.8 cm³/mol. The van der Waals surface area contributed by atoms with Gasteiger partial charge in [-0.15, -0.1) is 0 Å². The summed E-state index contributed by atoms with van der Waals surface area (Å²) in [6, 6.07) is 0. The van der Waals surface area contributed by atoms with E-state index in [9.17, 15) is 0 Å². The maximum atomic E-state index is 6.33. The third kappa shape index (κ3) is 7.17. The van der Waals surface area contributed by atoms with Crippen molar-refractivity contribution in [1.82, 2.24) is 0 Å². The van der Waals surface area contributed by atoms with Crippen molar-refractivity contribution in [3.05, 3.63) is 0 Å². The fraction of sp³-hybridized carbons (Fsp3) is 1.00. The summed E-state index contributed by atoms with van der Waals surface area (Å²) in [6.45, 7) is 2.08. The number of hydrogen-bond donors (Lipinski definition) is 0. The second kappa shape index (κ2) is 10.1. The summed E-state index contributed by atoms with van der Waals surface area (Å²) in [5.74, 6) is 1.29. The molecule has 18 heavy (non-hydrogen) atoms. The van der Waals surface area contributed by atoms with Crippen LogP contribution in [0.4, 0.5) is 0 Å². The minimum absolute atomic E-state index is 0.250. The fourth-order valence-corrected chi connectivity index (χ4v) is 5.54. The molecule has 1 rings (SSSR count). The molecule has 4 radical (unpaired) electrons. The third-order valence-electron chi connectivity index (χ3n) is 4.16. The van der Waals surface area contributed by atoms with Crippen molar-refractivity contribution in [3.63, 3.8) is 0 Å². The molecule has 0 amide bonds. The smallest absolute Gasteiger partial charge is 0.0703 e. The van der Waals surface area contributed by atoms with Crippen molar-refractivity contribution in [2.75, 3.05) is 0 Å². The maximum Gasteiger partial charge on any atom is 0.0703 e. The molecule has 0 aromatic carbocycles. The summed E-state index contributed by atoms with van der Waals surface area (Å²) in [7, 11) is 12.2. The fourth-order valence-electron chi connectivity index (χ4n) is 3.04. The number of rotatable bonds is 4. The Balaban J connectivity index is 2.37. The van der Waals surface area contributed by atoms with Gasteiger partial charge in [-0.25, -0.2) is 0 Å². The average Bonchev–Trinajstić information content (AvgIpc) is 2.34. The van der Waals surface area contributed by atoms with Crippen LogP contribution in [0.25, 0.3) is 0 Å². The molecule has 0 aliphatic heterocycles. The van der Waals surface area contributed by atoms with Gasteiger partial charge in [-0.1, -0.05) is 91.8 Å². The lowest BCUT2D eigenvalue weighted by molar-refractivity contribution is 0.362. The highest BCUT2D eigenvalue weighted by atomic mass is 127. The third-order valence-corrected chi connectivity index (χ3v) is 7.69. The molecule has 4 heteroatoms. The molecule has 0 bridgehead atoms. The number of halogens is 1. The molecule has 0 aromatic heterocycles. The van der Waals surface area contributed by atoms with E-state index in [0.29, 0.717) is 5.82 Å². The molecule has 1 aliphatic rings. The standard InChI is InChI=1S/C14H26B2IP/c1-11(15)10-14(16)12-6-2-4-8-13(18-17)9-5-3-7-12/h11-14,18H,2-10H2,1H3. The second-order valence-corrected chi connectivity index (χ2v) is 8.92. The van der Waals surface area contributed by atoms with Gasteiger partial charge < -0.3 is 0 Å². The van der Waals surface area contributed by atoms with Crippen LogP contribution in [-0.2, 0) is 0 Å². The average molecular weight is 374 g/mol.